The fourth-order valence-electron chi connectivity index (χ4n) is 2.11. The Balaban J connectivity index is 1.99. The number of nitrogens with one attached hydrogen (secondary N) is 1. The molecular formula is C17H20N2O5S. The van der Waals surface area contributed by atoms with Gasteiger partial charge in [-0.2, -0.15) is 0 Å². The first-order valence-corrected chi connectivity index (χ1v) is 8.50. The predicted molar refractivity (Wildman–Crippen MR) is 94.2 cm³/mol. The lowest BCUT2D eigenvalue weighted by Gasteiger charge is -2.08. The van der Waals surface area contributed by atoms with E-state index in [2.05, 4.69) is 15.0 Å². The van der Waals surface area contributed by atoms with Gasteiger partial charge in [0.25, 0.3) is 5.91 Å². The third-order valence-electron chi connectivity index (χ3n) is 3.44. The number of thiazole rings is 1. The first-order valence-electron chi connectivity index (χ1n) is 7.62. The molecular weight excluding hydrogens is 344 g/mol. The second-order valence-electron chi connectivity index (χ2n) is 5.04. The SMILES string of the molecule is COC(=O)CCCNC(=O)c1csc(-c2ccc(OC)c(OC)c2)n1. The minimum Gasteiger partial charge on any atom is -0.493 e. The number of hydrogen-bond acceptors (Lipinski definition) is 7. The number of amides is 1. The molecule has 0 aliphatic carbocycles. The second-order valence-corrected chi connectivity index (χ2v) is 5.90. The summed E-state index contributed by atoms with van der Waals surface area (Å²) in [5.41, 5.74) is 1.18. The van der Waals surface area contributed by atoms with Crippen LogP contribution >= 0.6 is 11.3 Å². The zero-order chi connectivity index (χ0) is 18.2. The van der Waals surface area contributed by atoms with Gasteiger partial charge in [0.15, 0.2) is 11.5 Å². The lowest BCUT2D eigenvalue weighted by molar-refractivity contribution is -0.140. The maximum atomic E-state index is 12.1. The van der Waals surface area contributed by atoms with E-state index in [0.29, 0.717) is 35.2 Å². The standard InChI is InChI=1S/C17H20N2O5S/c1-22-13-7-6-11(9-14(13)23-2)17-19-12(10-25-17)16(21)18-8-4-5-15(20)24-3/h6-7,9-10H,4-5,8H2,1-3H3,(H,18,21). The van der Waals surface area contributed by atoms with Crippen molar-refractivity contribution in [3.8, 4) is 22.1 Å². The Bertz CT molecular complexity index is 744. The van der Waals surface area contributed by atoms with Crippen molar-refractivity contribution in [2.24, 2.45) is 0 Å². The molecule has 0 saturated carbocycles. The van der Waals surface area contributed by atoms with Crippen LogP contribution in [0, 0.1) is 0 Å². The van der Waals surface area contributed by atoms with Crippen molar-refractivity contribution in [3.05, 3.63) is 29.3 Å². The maximum absolute atomic E-state index is 12.1. The number of esters is 1. The van der Waals surface area contributed by atoms with Crippen molar-refractivity contribution in [1.82, 2.24) is 10.3 Å². The molecule has 0 bridgehead atoms. The van der Waals surface area contributed by atoms with Crippen LogP contribution < -0.4 is 14.8 Å². The fourth-order valence-corrected chi connectivity index (χ4v) is 2.90. The number of carbonyl (C=O) groups excluding carboxylic acids is 2. The summed E-state index contributed by atoms with van der Waals surface area (Å²) in [6.07, 6.45) is 0.788. The van der Waals surface area contributed by atoms with Crippen LogP contribution in [0.2, 0.25) is 0 Å². The largest absolute Gasteiger partial charge is 0.493 e. The van der Waals surface area contributed by atoms with Gasteiger partial charge in [-0.15, -0.1) is 11.3 Å². The molecule has 7 nitrogen and oxygen atoms in total. The maximum Gasteiger partial charge on any atom is 0.305 e. The van der Waals surface area contributed by atoms with E-state index >= 15 is 0 Å². The molecule has 1 heterocycles. The first-order chi connectivity index (χ1) is 12.1. The highest BCUT2D eigenvalue weighted by atomic mass is 32.1. The molecule has 134 valence electrons. The van der Waals surface area contributed by atoms with Crippen LogP contribution in [-0.4, -0.2) is 44.7 Å². The zero-order valence-electron chi connectivity index (χ0n) is 14.3. The summed E-state index contributed by atoms with van der Waals surface area (Å²) in [6.45, 7) is 0.386. The number of aromatic nitrogens is 1. The Hall–Kier alpha value is -2.61. The Kier molecular flexibility index (Phi) is 6.76. The topological polar surface area (TPSA) is 86.8 Å². The lowest BCUT2D eigenvalue weighted by atomic mass is 10.2. The fraction of sp³-hybridized carbons (Fsp3) is 0.353. The molecule has 1 amide bonds. The van der Waals surface area contributed by atoms with E-state index in [0.717, 1.165) is 5.56 Å². The van der Waals surface area contributed by atoms with E-state index in [1.165, 1.54) is 18.4 Å². The molecule has 0 unspecified atom stereocenters. The third kappa shape index (κ3) is 4.93. The highest BCUT2D eigenvalue weighted by Crippen LogP contribution is 2.33. The molecule has 0 spiro atoms. The average Bonchev–Trinajstić information content (AvgIpc) is 3.14. The van der Waals surface area contributed by atoms with E-state index in [4.69, 9.17) is 9.47 Å². The Morgan fingerprint density at radius 1 is 1.16 bits per heavy atom. The van der Waals surface area contributed by atoms with E-state index in [1.807, 2.05) is 12.1 Å². The predicted octanol–water partition coefficient (Wildman–Crippen LogP) is 2.51. The Labute approximate surface area is 149 Å². The summed E-state index contributed by atoms with van der Waals surface area (Å²) in [5.74, 6) is 0.668. The highest BCUT2D eigenvalue weighted by molar-refractivity contribution is 7.13. The van der Waals surface area contributed by atoms with Gasteiger partial charge in [0, 0.05) is 23.9 Å². The number of nitrogens with zero attached hydrogens (tertiary/aromatic N) is 1. The molecule has 0 radical (unpaired) electrons. The van der Waals surface area contributed by atoms with Crippen molar-refractivity contribution in [3.63, 3.8) is 0 Å². The number of ether oxygens (including phenoxy) is 3. The van der Waals surface area contributed by atoms with Crippen LogP contribution in [0.25, 0.3) is 10.6 Å². The molecule has 25 heavy (non-hydrogen) atoms. The molecule has 1 aromatic carbocycles. The number of methoxy groups -OCH3 is 3. The zero-order valence-corrected chi connectivity index (χ0v) is 15.1. The van der Waals surface area contributed by atoms with Gasteiger partial charge in [-0.05, 0) is 24.6 Å². The lowest BCUT2D eigenvalue weighted by Crippen LogP contribution is -2.25. The average molecular weight is 364 g/mol. The molecule has 0 atom stereocenters. The van der Waals surface area contributed by atoms with Crippen LogP contribution in [0.4, 0.5) is 0 Å². The van der Waals surface area contributed by atoms with E-state index in [-0.39, 0.29) is 18.3 Å². The minimum absolute atomic E-state index is 0.269. The van der Waals surface area contributed by atoms with Gasteiger partial charge in [0.1, 0.15) is 10.7 Å². The molecule has 2 aromatic rings. The second kappa shape index (κ2) is 9.03. The van der Waals surface area contributed by atoms with Crippen LogP contribution in [0.3, 0.4) is 0 Å². The van der Waals surface area contributed by atoms with Crippen molar-refractivity contribution < 1.29 is 23.8 Å². The van der Waals surface area contributed by atoms with Gasteiger partial charge >= 0.3 is 5.97 Å². The molecule has 1 N–H and O–H groups in total. The van der Waals surface area contributed by atoms with Crippen LogP contribution in [0.5, 0.6) is 11.5 Å². The van der Waals surface area contributed by atoms with Gasteiger partial charge < -0.3 is 19.5 Å². The van der Waals surface area contributed by atoms with Crippen molar-refractivity contribution >= 4 is 23.2 Å². The third-order valence-corrected chi connectivity index (χ3v) is 4.33. The van der Waals surface area contributed by atoms with Crippen molar-refractivity contribution in [2.75, 3.05) is 27.9 Å². The molecule has 8 heteroatoms. The molecule has 2 rings (SSSR count). The highest BCUT2D eigenvalue weighted by Gasteiger charge is 2.13. The van der Waals surface area contributed by atoms with Gasteiger partial charge in [-0.1, -0.05) is 0 Å². The molecule has 0 fully saturated rings. The summed E-state index contributed by atoms with van der Waals surface area (Å²) < 4.78 is 15.0. The number of carbonyl (C=O) groups is 2. The van der Waals surface area contributed by atoms with E-state index < -0.39 is 0 Å². The van der Waals surface area contributed by atoms with Gasteiger partial charge in [-0.3, -0.25) is 9.59 Å². The van der Waals surface area contributed by atoms with Gasteiger partial charge in [-0.25, -0.2) is 4.98 Å². The van der Waals surface area contributed by atoms with Crippen LogP contribution in [-0.2, 0) is 9.53 Å². The quantitative estimate of drug-likeness (QED) is 0.572. The summed E-state index contributed by atoms with van der Waals surface area (Å²) in [6, 6.07) is 5.47. The molecule has 0 aliphatic rings. The molecule has 1 aromatic heterocycles. The minimum atomic E-state index is -0.293. The van der Waals surface area contributed by atoms with Crippen LogP contribution in [0.1, 0.15) is 23.3 Å². The Morgan fingerprint density at radius 3 is 2.60 bits per heavy atom. The number of rotatable bonds is 8. The summed E-state index contributed by atoms with van der Waals surface area (Å²) in [4.78, 5) is 27.5. The first kappa shape index (κ1) is 18.7. The summed E-state index contributed by atoms with van der Waals surface area (Å²) in [5, 5.41) is 5.14. The summed E-state index contributed by atoms with van der Waals surface area (Å²) in [7, 11) is 4.48. The van der Waals surface area contributed by atoms with Crippen molar-refractivity contribution in [1.29, 1.82) is 0 Å². The van der Waals surface area contributed by atoms with Gasteiger partial charge in [0.05, 0.1) is 21.3 Å². The smallest absolute Gasteiger partial charge is 0.305 e. The summed E-state index contributed by atoms with van der Waals surface area (Å²) >= 11 is 1.37. The van der Waals surface area contributed by atoms with Gasteiger partial charge in [0.2, 0.25) is 0 Å². The number of benzene rings is 1. The molecule has 0 aliphatic heterocycles. The number of hydrogen-bond donors (Lipinski definition) is 1. The molecule has 0 saturated heterocycles. The van der Waals surface area contributed by atoms with E-state index in [1.54, 1.807) is 25.7 Å². The van der Waals surface area contributed by atoms with Crippen molar-refractivity contribution in [2.45, 2.75) is 12.8 Å². The monoisotopic (exact) mass is 364 g/mol. The Morgan fingerprint density at radius 2 is 1.92 bits per heavy atom. The van der Waals surface area contributed by atoms with Crippen LogP contribution in [0.15, 0.2) is 23.6 Å². The van der Waals surface area contributed by atoms with E-state index in [9.17, 15) is 9.59 Å². The normalized spacial score (nSPS) is 10.2.